The number of rotatable bonds is 5. The molecule has 2 atom stereocenters. The smallest absolute Gasteiger partial charge is 0.244 e. The first-order valence-corrected chi connectivity index (χ1v) is 9.73. The topological polar surface area (TPSA) is 75.7 Å². The summed E-state index contributed by atoms with van der Waals surface area (Å²) >= 11 is 6.08. The first-order valence-electron chi connectivity index (χ1n) is 9.35. The van der Waals surface area contributed by atoms with Gasteiger partial charge in [0.15, 0.2) is 0 Å². The van der Waals surface area contributed by atoms with Gasteiger partial charge in [-0.25, -0.2) is 0 Å². The fourth-order valence-electron chi connectivity index (χ4n) is 3.63. The van der Waals surface area contributed by atoms with Gasteiger partial charge >= 0.3 is 0 Å². The van der Waals surface area contributed by atoms with Crippen LogP contribution in [-0.4, -0.2) is 29.2 Å². The summed E-state index contributed by atoms with van der Waals surface area (Å²) in [7, 11) is 0. The summed E-state index contributed by atoms with van der Waals surface area (Å²) in [6.07, 6.45) is 4.95. The number of nitrogens with one attached hydrogen (secondary N) is 1. The Kier molecular flexibility index (Phi) is 5.36. The summed E-state index contributed by atoms with van der Waals surface area (Å²) in [4.78, 5) is 38.3. The van der Waals surface area contributed by atoms with Crippen molar-refractivity contribution in [3.63, 3.8) is 0 Å². The number of benzene rings is 2. The largest absolute Gasteiger partial charge is 0.456 e. The fourth-order valence-corrected chi connectivity index (χ4v) is 3.80. The van der Waals surface area contributed by atoms with E-state index in [1.54, 1.807) is 36.4 Å². The number of anilines is 1. The Labute approximate surface area is 173 Å². The molecule has 29 heavy (non-hydrogen) atoms. The first-order chi connectivity index (χ1) is 14.0. The number of allylic oxidation sites excluding steroid dienone is 2. The fraction of sp³-hybridized carbons (Fsp3) is 0.227. The number of ether oxygens (including phenoxy) is 1. The number of carbonyl (C=O) groups excluding carboxylic acids is 3. The van der Waals surface area contributed by atoms with Gasteiger partial charge < -0.3 is 10.1 Å². The van der Waals surface area contributed by atoms with E-state index in [1.165, 1.54) is 0 Å². The van der Waals surface area contributed by atoms with Gasteiger partial charge in [0.05, 0.1) is 16.9 Å². The highest BCUT2D eigenvalue weighted by atomic mass is 35.5. The minimum absolute atomic E-state index is 0.261. The van der Waals surface area contributed by atoms with Crippen molar-refractivity contribution in [1.82, 2.24) is 4.90 Å². The number of carbonyl (C=O) groups is 3. The number of imide groups is 1. The quantitative estimate of drug-likeness (QED) is 0.596. The number of para-hydroxylation sites is 1. The first kappa shape index (κ1) is 19.2. The van der Waals surface area contributed by atoms with Crippen molar-refractivity contribution in [2.45, 2.75) is 12.8 Å². The minimum atomic E-state index is -0.418. The lowest BCUT2D eigenvalue weighted by atomic mass is 9.85. The van der Waals surface area contributed by atoms with E-state index in [0.29, 0.717) is 35.1 Å². The van der Waals surface area contributed by atoms with Gasteiger partial charge in [0.2, 0.25) is 17.7 Å². The molecule has 1 aliphatic carbocycles. The van der Waals surface area contributed by atoms with Crippen molar-refractivity contribution in [1.29, 1.82) is 0 Å². The van der Waals surface area contributed by atoms with Crippen LogP contribution >= 0.6 is 11.6 Å². The monoisotopic (exact) mass is 410 g/mol. The Morgan fingerprint density at radius 1 is 1.00 bits per heavy atom. The van der Waals surface area contributed by atoms with Gasteiger partial charge in [-0.2, -0.15) is 0 Å². The van der Waals surface area contributed by atoms with Crippen LogP contribution in [0.15, 0.2) is 60.7 Å². The molecule has 3 amide bonds. The molecule has 0 unspecified atom stereocenters. The highest BCUT2D eigenvalue weighted by Gasteiger charge is 2.47. The average molecular weight is 411 g/mol. The highest BCUT2D eigenvalue weighted by molar-refractivity contribution is 6.32. The van der Waals surface area contributed by atoms with Crippen molar-refractivity contribution >= 4 is 35.0 Å². The van der Waals surface area contributed by atoms with Crippen molar-refractivity contribution in [3.8, 4) is 11.5 Å². The molecule has 0 saturated carbocycles. The Bertz CT molecular complexity index is 961. The van der Waals surface area contributed by atoms with E-state index in [0.717, 1.165) is 4.90 Å². The van der Waals surface area contributed by atoms with Crippen LogP contribution in [0, 0.1) is 11.8 Å². The molecule has 1 fully saturated rings. The molecule has 6 nitrogen and oxygen atoms in total. The van der Waals surface area contributed by atoms with E-state index in [1.807, 2.05) is 24.3 Å². The average Bonchev–Trinajstić information content (AvgIpc) is 2.96. The van der Waals surface area contributed by atoms with Crippen molar-refractivity contribution < 1.29 is 19.1 Å². The van der Waals surface area contributed by atoms with Crippen molar-refractivity contribution in [3.05, 3.63) is 65.7 Å². The Balaban J connectivity index is 1.36. The van der Waals surface area contributed by atoms with Crippen LogP contribution in [0.4, 0.5) is 5.69 Å². The molecule has 0 bridgehead atoms. The molecule has 1 aliphatic heterocycles. The van der Waals surface area contributed by atoms with Crippen LogP contribution in [-0.2, 0) is 14.4 Å². The predicted molar refractivity (Wildman–Crippen MR) is 109 cm³/mol. The molecule has 0 aromatic heterocycles. The van der Waals surface area contributed by atoms with Crippen LogP contribution in [0.25, 0.3) is 0 Å². The summed E-state index contributed by atoms with van der Waals surface area (Å²) in [5.41, 5.74) is 0.541. The predicted octanol–water partition coefficient (Wildman–Crippen LogP) is 4.02. The summed E-state index contributed by atoms with van der Waals surface area (Å²) in [6, 6.07) is 13.9. The maximum absolute atomic E-state index is 12.4. The number of hydrogen-bond donors (Lipinski definition) is 1. The second kappa shape index (κ2) is 8.09. The SMILES string of the molecule is O=C(CN1C(=O)[C@H]2CC=CC[C@H]2C1=O)Nc1ccc(Oc2ccccc2Cl)cc1. The molecule has 2 aliphatic rings. The summed E-state index contributed by atoms with van der Waals surface area (Å²) in [5, 5.41) is 3.21. The number of hydrogen-bond acceptors (Lipinski definition) is 4. The van der Waals surface area contributed by atoms with Gasteiger partial charge in [-0.3, -0.25) is 19.3 Å². The molecular formula is C22H19ClN2O4. The molecule has 4 rings (SSSR count). The lowest BCUT2D eigenvalue weighted by molar-refractivity contribution is -0.142. The molecule has 0 radical (unpaired) electrons. The third-order valence-electron chi connectivity index (χ3n) is 5.10. The van der Waals surface area contributed by atoms with Crippen LogP contribution in [0.2, 0.25) is 5.02 Å². The van der Waals surface area contributed by atoms with Gasteiger partial charge in [-0.1, -0.05) is 35.9 Å². The van der Waals surface area contributed by atoms with E-state index < -0.39 is 5.91 Å². The molecular weight excluding hydrogens is 392 g/mol. The number of fused-ring (bicyclic) bond motifs is 1. The van der Waals surface area contributed by atoms with E-state index in [-0.39, 0.29) is 30.2 Å². The molecule has 0 spiro atoms. The van der Waals surface area contributed by atoms with Crippen LogP contribution < -0.4 is 10.1 Å². The molecule has 7 heteroatoms. The van der Waals surface area contributed by atoms with Gasteiger partial charge in [0, 0.05) is 5.69 Å². The van der Waals surface area contributed by atoms with Crippen LogP contribution in [0.1, 0.15) is 12.8 Å². The van der Waals surface area contributed by atoms with Gasteiger partial charge in [0.1, 0.15) is 18.0 Å². The number of likely N-dealkylation sites (tertiary alicyclic amines) is 1. The van der Waals surface area contributed by atoms with Crippen LogP contribution in [0.3, 0.4) is 0 Å². The Morgan fingerprint density at radius 3 is 2.24 bits per heavy atom. The molecule has 2 aromatic rings. The van der Waals surface area contributed by atoms with E-state index in [9.17, 15) is 14.4 Å². The summed E-state index contributed by atoms with van der Waals surface area (Å²) < 4.78 is 5.71. The van der Waals surface area contributed by atoms with E-state index in [4.69, 9.17) is 16.3 Å². The van der Waals surface area contributed by atoms with Gasteiger partial charge in [-0.15, -0.1) is 0 Å². The highest BCUT2D eigenvalue weighted by Crippen LogP contribution is 2.35. The zero-order valence-corrected chi connectivity index (χ0v) is 16.3. The Morgan fingerprint density at radius 2 is 1.62 bits per heavy atom. The normalized spacial score (nSPS) is 20.5. The number of nitrogens with zero attached hydrogens (tertiary/aromatic N) is 1. The zero-order valence-electron chi connectivity index (χ0n) is 15.5. The van der Waals surface area contributed by atoms with Gasteiger partial charge in [0.25, 0.3) is 0 Å². The molecule has 1 saturated heterocycles. The van der Waals surface area contributed by atoms with Crippen molar-refractivity contribution in [2.24, 2.45) is 11.8 Å². The maximum atomic E-state index is 12.4. The maximum Gasteiger partial charge on any atom is 0.244 e. The standard InChI is InChI=1S/C22H19ClN2O4/c23-18-7-3-4-8-19(18)29-15-11-9-14(10-12-15)24-20(26)13-25-21(27)16-5-1-2-6-17(16)22(25)28/h1-4,7-12,16-17H,5-6,13H2,(H,24,26)/t16-,17+. The van der Waals surface area contributed by atoms with E-state index >= 15 is 0 Å². The molecule has 1 N–H and O–H groups in total. The Hall–Kier alpha value is -3.12. The summed E-state index contributed by atoms with van der Waals surface area (Å²) in [5.74, 6) is -0.502. The number of halogens is 1. The number of amides is 3. The van der Waals surface area contributed by atoms with E-state index in [2.05, 4.69) is 5.32 Å². The second-order valence-electron chi connectivity index (χ2n) is 7.02. The lowest BCUT2D eigenvalue weighted by Gasteiger charge is -2.14. The summed E-state index contributed by atoms with van der Waals surface area (Å²) in [6.45, 7) is -0.275. The van der Waals surface area contributed by atoms with Gasteiger partial charge in [-0.05, 0) is 49.2 Å². The lowest BCUT2D eigenvalue weighted by Crippen LogP contribution is -2.38. The third-order valence-corrected chi connectivity index (χ3v) is 5.42. The molecule has 2 aromatic carbocycles. The molecule has 1 heterocycles. The third kappa shape index (κ3) is 4.03. The van der Waals surface area contributed by atoms with Crippen molar-refractivity contribution in [2.75, 3.05) is 11.9 Å². The van der Waals surface area contributed by atoms with Crippen LogP contribution in [0.5, 0.6) is 11.5 Å². The molecule has 148 valence electrons. The second-order valence-corrected chi connectivity index (χ2v) is 7.43. The minimum Gasteiger partial charge on any atom is -0.456 e. The zero-order chi connectivity index (χ0) is 20.4.